The van der Waals surface area contributed by atoms with Crippen LogP contribution < -0.4 is 10.6 Å². The topological polar surface area (TPSA) is 78.4 Å². The fraction of sp³-hybridized carbons (Fsp3) is 0.429. The van der Waals surface area contributed by atoms with E-state index in [1.807, 2.05) is 6.92 Å². The second-order valence-corrected chi connectivity index (χ2v) is 5.09. The molecule has 0 fully saturated rings. The highest BCUT2D eigenvalue weighted by atomic mass is 35.5. The molecule has 1 atom stereocenters. The van der Waals surface area contributed by atoms with E-state index in [0.717, 1.165) is 6.42 Å². The summed E-state index contributed by atoms with van der Waals surface area (Å²) in [5.74, 6) is -0.534. The number of para-hydroxylation sites is 1. The Morgan fingerprint density at radius 3 is 2.65 bits per heavy atom. The molecule has 0 heterocycles. The number of benzene rings is 1. The summed E-state index contributed by atoms with van der Waals surface area (Å²) in [5, 5.41) is 14.4. The number of carboxylic acids is 1. The van der Waals surface area contributed by atoms with Gasteiger partial charge in [0.05, 0.1) is 10.7 Å². The second-order valence-electron chi connectivity index (χ2n) is 4.69. The highest BCUT2D eigenvalue weighted by Gasteiger charge is 2.07. The number of carbonyl (C=O) groups is 2. The van der Waals surface area contributed by atoms with E-state index in [1.54, 1.807) is 24.3 Å². The first kappa shape index (κ1) is 16.3. The highest BCUT2D eigenvalue weighted by Crippen LogP contribution is 2.20. The molecule has 1 aromatic carbocycles. The van der Waals surface area contributed by atoms with E-state index in [-0.39, 0.29) is 18.4 Å². The molecule has 0 aliphatic rings. The zero-order valence-electron chi connectivity index (χ0n) is 11.4. The van der Waals surface area contributed by atoms with Crippen LogP contribution in [0.1, 0.15) is 26.2 Å². The van der Waals surface area contributed by atoms with Crippen LogP contribution in [0.3, 0.4) is 0 Å². The molecule has 1 unspecified atom stereocenters. The van der Waals surface area contributed by atoms with Crippen LogP contribution in [0.15, 0.2) is 24.3 Å². The summed E-state index contributed by atoms with van der Waals surface area (Å²) in [6.07, 6.45) is 1.51. The van der Waals surface area contributed by atoms with Crippen LogP contribution in [0.25, 0.3) is 0 Å². The van der Waals surface area contributed by atoms with Gasteiger partial charge in [0.1, 0.15) is 0 Å². The van der Waals surface area contributed by atoms with Crippen LogP contribution >= 0.6 is 11.6 Å². The van der Waals surface area contributed by atoms with Crippen molar-refractivity contribution in [2.24, 2.45) is 5.92 Å². The summed E-state index contributed by atoms with van der Waals surface area (Å²) >= 11 is 5.93. The molecule has 5 nitrogen and oxygen atoms in total. The number of hydrogen-bond acceptors (Lipinski definition) is 2. The van der Waals surface area contributed by atoms with Crippen LogP contribution in [-0.2, 0) is 4.79 Å². The van der Waals surface area contributed by atoms with Crippen molar-refractivity contribution in [2.75, 3.05) is 11.9 Å². The number of hydrogen-bond donors (Lipinski definition) is 3. The Hall–Kier alpha value is -1.75. The Balaban J connectivity index is 2.24. The largest absolute Gasteiger partial charge is 0.481 e. The van der Waals surface area contributed by atoms with Gasteiger partial charge in [-0.15, -0.1) is 0 Å². The first-order valence-electron chi connectivity index (χ1n) is 6.50. The number of rotatable bonds is 7. The summed E-state index contributed by atoms with van der Waals surface area (Å²) < 4.78 is 0. The molecule has 3 N–H and O–H groups in total. The Morgan fingerprint density at radius 1 is 1.30 bits per heavy atom. The highest BCUT2D eigenvalue weighted by molar-refractivity contribution is 6.33. The molecule has 0 spiro atoms. The van der Waals surface area contributed by atoms with Crippen LogP contribution in [0.2, 0.25) is 5.02 Å². The molecule has 0 saturated carbocycles. The molecular formula is C14H19ClN2O3. The monoisotopic (exact) mass is 298 g/mol. The minimum absolute atomic E-state index is 0.160. The van der Waals surface area contributed by atoms with Gasteiger partial charge in [-0.1, -0.05) is 30.7 Å². The first-order valence-corrected chi connectivity index (χ1v) is 6.88. The number of amides is 2. The van der Waals surface area contributed by atoms with Crippen molar-refractivity contribution >= 4 is 29.3 Å². The normalized spacial score (nSPS) is 11.7. The summed E-state index contributed by atoms with van der Waals surface area (Å²) in [6.45, 7) is 2.47. The minimum atomic E-state index is -0.790. The van der Waals surface area contributed by atoms with Gasteiger partial charge >= 0.3 is 12.0 Å². The van der Waals surface area contributed by atoms with Crippen LogP contribution in [0.5, 0.6) is 0 Å². The smallest absolute Gasteiger partial charge is 0.319 e. The van der Waals surface area contributed by atoms with Crippen LogP contribution in [-0.4, -0.2) is 23.7 Å². The van der Waals surface area contributed by atoms with Gasteiger partial charge in [0.15, 0.2) is 0 Å². The predicted octanol–water partition coefficient (Wildman–Crippen LogP) is 3.35. The first-order chi connectivity index (χ1) is 9.49. The third kappa shape index (κ3) is 6.43. The maximum Gasteiger partial charge on any atom is 0.319 e. The van der Waals surface area contributed by atoms with Gasteiger partial charge in [-0.25, -0.2) is 4.79 Å². The SMILES string of the molecule is CC(CCNC(=O)Nc1ccccc1Cl)CCC(=O)O. The molecule has 0 aliphatic carbocycles. The fourth-order valence-corrected chi connectivity index (χ4v) is 1.86. The minimum Gasteiger partial charge on any atom is -0.481 e. The summed E-state index contributed by atoms with van der Waals surface area (Å²) in [4.78, 5) is 22.1. The number of anilines is 1. The van der Waals surface area contributed by atoms with E-state index >= 15 is 0 Å². The Bertz CT molecular complexity index is 465. The van der Waals surface area contributed by atoms with Crippen LogP contribution in [0.4, 0.5) is 10.5 Å². The Labute approximate surface area is 123 Å². The molecule has 110 valence electrons. The fourth-order valence-electron chi connectivity index (χ4n) is 1.68. The lowest BCUT2D eigenvalue weighted by molar-refractivity contribution is -0.137. The van der Waals surface area contributed by atoms with Gasteiger partial charge in [0.2, 0.25) is 0 Å². The molecule has 2 amide bonds. The Morgan fingerprint density at radius 2 is 2.00 bits per heavy atom. The average Bonchev–Trinajstić information content (AvgIpc) is 2.39. The lowest BCUT2D eigenvalue weighted by atomic mass is 10.0. The molecule has 20 heavy (non-hydrogen) atoms. The summed E-state index contributed by atoms with van der Waals surface area (Å²) in [7, 11) is 0. The lowest BCUT2D eigenvalue weighted by Crippen LogP contribution is -2.30. The number of aliphatic carboxylic acids is 1. The molecule has 6 heteroatoms. The van der Waals surface area contributed by atoms with Crippen molar-refractivity contribution in [2.45, 2.75) is 26.2 Å². The maximum absolute atomic E-state index is 11.6. The van der Waals surface area contributed by atoms with Crippen LogP contribution in [0, 0.1) is 5.92 Å². The molecule has 1 rings (SSSR count). The van der Waals surface area contributed by atoms with Crippen molar-refractivity contribution in [3.63, 3.8) is 0 Å². The van der Waals surface area contributed by atoms with Crippen molar-refractivity contribution in [1.29, 1.82) is 0 Å². The Kier molecular flexibility index (Phi) is 6.87. The number of carbonyl (C=O) groups excluding carboxylic acids is 1. The number of carboxylic acid groups (broad SMARTS) is 1. The molecule has 0 bridgehead atoms. The van der Waals surface area contributed by atoms with Crippen molar-refractivity contribution in [3.05, 3.63) is 29.3 Å². The molecular weight excluding hydrogens is 280 g/mol. The van der Waals surface area contributed by atoms with Crippen molar-refractivity contribution in [1.82, 2.24) is 5.32 Å². The predicted molar refractivity (Wildman–Crippen MR) is 79.1 cm³/mol. The molecule has 0 radical (unpaired) electrons. The van der Waals surface area contributed by atoms with Crippen molar-refractivity contribution < 1.29 is 14.7 Å². The standard InChI is InChI=1S/C14H19ClN2O3/c1-10(6-7-13(18)19)8-9-16-14(20)17-12-5-3-2-4-11(12)15/h2-5,10H,6-9H2,1H3,(H,18,19)(H2,16,17,20). The van der Waals surface area contributed by atoms with Gasteiger partial charge < -0.3 is 15.7 Å². The third-order valence-electron chi connectivity index (χ3n) is 2.90. The van der Waals surface area contributed by atoms with E-state index in [1.165, 1.54) is 0 Å². The number of nitrogens with one attached hydrogen (secondary N) is 2. The van der Waals surface area contributed by atoms with E-state index < -0.39 is 5.97 Å². The van der Waals surface area contributed by atoms with E-state index in [9.17, 15) is 9.59 Å². The quantitative estimate of drug-likeness (QED) is 0.722. The maximum atomic E-state index is 11.6. The van der Waals surface area contributed by atoms with Gasteiger partial charge in [0.25, 0.3) is 0 Å². The third-order valence-corrected chi connectivity index (χ3v) is 3.23. The van der Waals surface area contributed by atoms with E-state index in [2.05, 4.69) is 10.6 Å². The van der Waals surface area contributed by atoms with Gasteiger partial charge in [0, 0.05) is 13.0 Å². The van der Waals surface area contributed by atoms with Gasteiger partial charge in [-0.05, 0) is 30.9 Å². The zero-order valence-corrected chi connectivity index (χ0v) is 12.1. The number of halogens is 1. The molecule has 1 aromatic rings. The van der Waals surface area contributed by atoms with Crippen molar-refractivity contribution in [3.8, 4) is 0 Å². The zero-order chi connectivity index (χ0) is 15.0. The second kappa shape index (κ2) is 8.43. The lowest BCUT2D eigenvalue weighted by Gasteiger charge is -2.12. The van der Waals surface area contributed by atoms with E-state index in [0.29, 0.717) is 23.7 Å². The molecule has 0 saturated heterocycles. The van der Waals surface area contributed by atoms with E-state index in [4.69, 9.17) is 16.7 Å². The molecule has 0 aliphatic heterocycles. The van der Waals surface area contributed by atoms with Gasteiger partial charge in [-0.3, -0.25) is 4.79 Å². The number of urea groups is 1. The summed E-state index contributed by atoms with van der Waals surface area (Å²) in [5.41, 5.74) is 0.561. The summed E-state index contributed by atoms with van der Waals surface area (Å²) in [6, 6.07) is 6.68. The molecule has 0 aromatic heterocycles. The van der Waals surface area contributed by atoms with Gasteiger partial charge in [-0.2, -0.15) is 0 Å². The average molecular weight is 299 g/mol.